The summed E-state index contributed by atoms with van der Waals surface area (Å²) in [5.41, 5.74) is 1.40. The van der Waals surface area contributed by atoms with E-state index in [1.165, 1.54) is 11.5 Å². The van der Waals surface area contributed by atoms with Gasteiger partial charge in [0.2, 0.25) is 0 Å². The molecule has 94 valence electrons. The van der Waals surface area contributed by atoms with Gasteiger partial charge >= 0.3 is 0 Å². The summed E-state index contributed by atoms with van der Waals surface area (Å²) in [6.07, 6.45) is 1.69. The van der Waals surface area contributed by atoms with Crippen molar-refractivity contribution in [1.29, 1.82) is 5.26 Å². The first-order valence-corrected chi connectivity index (χ1v) is 5.97. The number of hydrogen-bond donors (Lipinski definition) is 0. The van der Waals surface area contributed by atoms with Gasteiger partial charge in [0.05, 0.1) is 22.7 Å². The van der Waals surface area contributed by atoms with Gasteiger partial charge in [-0.1, -0.05) is 10.6 Å². The molecule has 0 aliphatic rings. The molecule has 0 spiro atoms. The molecule has 0 saturated heterocycles. The number of hydrogen-bond acceptors (Lipinski definition) is 5. The van der Waals surface area contributed by atoms with Crippen LogP contribution in [0.25, 0.3) is 10.4 Å². The second-order valence-corrected chi connectivity index (χ2v) is 4.53. The molecule has 0 aliphatic carbocycles. The average Bonchev–Trinajstić information content (AvgIpc) is 2.82. The van der Waals surface area contributed by atoms with Crippen LogP contribution in [0, 0.1) is 11.3 Å². The van der Waals surface area contributed by atoms with Crippen molar-refractivity contribution >= 4 is 23.9 Å². The lowest BCUT2D eigenvalue weighted by molar-refractivity contribution is 0.243. The van der Waals surface area contributed by atoms with Gasteiger partial charge in [-0.05, 0) is 37.5 Å². The maximum atomic E-state index is 9.10. The van der Waals surface area contributed by atoms with Gasteiger partial charge in [-0.15, -0.1) is 17.5 Å². The third-order valence-corrected chi connectivity index (χ3v) is 2.81. The van der Waals surface area contributed by atoms with Crippen molar-refractivity contribution in [1.82, 2.24) is 9.59 Å². The van der Waals surface area contributed by atoms with Gasteiger partial charge in [0.1, 0.15) is 11.8 Å². The highest BCUT2D eigenvalue weighted by Crippen LogP contribution is 2.34. The molecule has 0 bridgehead atoms. The van der Waals surface area contributed by atoms with Gasteiger partial charge in [0.25, 0.3) is 0 Å². The van der Waals surface area contributed by atoms with Crippen LogP contribution in [0.15, 0.2) is 24.4 Å². The molecule has 0 fully saturated rings. The number of nitriles is 1. The summed E-state index contributed by atoms with van der Waals surface area (Å²) >= 11 is 1.29. The van der Waals surface area contributed by atoms with Crippen molar-refractivity contribution in [2.75, 3.05) is 0 Å². The Balaban J connectivity index is 0.00000162. The zero-order chi connectivity index (χ0) is 12.3. The topological polar surface area (TPSA) is 58.8 Å². The van der Waals surface area contributed by atoms with Crippen LogP contribution >= 0.6 is 23.9 Å². The Bertz CT molecular complexity index is 549. The predicted molar refractivity (Wildman–Crippen MR) is 73.1 cm³/mol. The predicted octanol–water partition coefficient (Wildman–Crippen LogP) is 3.29. The van der Waals surface area contributed by atoms with Crippen LogP contribution in [0.3, 0.4) is 0 Å². The van der Waals surface area contributed by atoms with Gasteiger partial charge in [-0.3, -0.25) is 0 Å². The normalized spacial score (nSPS) is 9.67. The fraction of sp³-hybridized carbons (Fsp3) is 0.250. The number of aromatic nitrogens is 2. The molecule has 0 unspecified atom stereocenters. The number of ether oxygens (including phenoxy) is 1. The highest BCUT2D eigenvalue weighted by Gasteiger charge is 2.14. The van der Waals surface area contributed by atoms with E-state index < -0.39 is 0 Å². The molecule has 4 nitrogen and oxygen atoms in total. The van der Waals surface area contributed by atoms with E-state index in [4.69, 9.17) is 10.00 Å². The fourth-order valence-corrected chi connectivity index (χ4v) is 2.00. The van der Waals surface area contributed by atoms with Gasteiger partial charge in [-0.2, -0.15) is 5.26 Å². The van der Waals surface area contributed by atoms with E-state index in [0.717, 1.165) is 10.4 Å². The van der Waals surface area contributed by atoms with E-state index in [1.54, 1.807) is 12.3 Å². The third-order valence-electron chi connectivity index (χ3n) is 2.12. The second kappa shape index (κ2) is 6.34. The minimum absolute atomic E-state index is 0. The average molecular weight is 282 g/mol. The van der Waals surface area contributed by atoms with Gasteiger partial charge in [0, 0.05) is 5.56 Å². The Hall–Kier alpha value is -1.64. The molecule has 0 radical (unpaired) electrons. The lowest BCUT2D eigenvalue weighted by Crippen LogP contribution is -2.07. The summed E-state index contributed by atoms with van der Waals surface area (Å²) in [4.78, 5) is 0.901. The Morgan fingerprint density at radius 3 is 2.72 bits per heavy atom. The quantitative estimate of drug-likeness (QED) is 0.866. The van der Waals surface area contributed by atoms with E-state index in [1.807, 2.05) is 26.0 Å². The highest BCUT2D eigenvalue weighted by atomic mass is 35.5. The molecular formula is C12H12ClN3OS. The van der Waals surface area contributed by atoms with Crippen LogP contribution in [-0.2, 0) is 0 Å². The minimum atomic E-state index is 0. The van der Waals surface area contributed by atoms with E-state index in [9.17, 15) is 0 Å². The van der Waals surface area contributed by atoms with E-state index in [2.05, 4.69) is 15.7 Å². The molecule has 1 aromatic heterocycles. The fourth-order valence-electron chi connectivity index (χ4n) is 1.47. The highest BCUT2D eigenvalue weighted by molar-refractivity contribution is 7.09. The summed E-state index contributed by atoms with van der Waals surface area (Å²) in [5.74, 6) is 0.607. The summed E-state index contributed by atoms with van der Waals surface area (Å²) < 4.78 is 9.55. The molecule has 2 rings (SSSR count). The first kappa shape index (κ1) is 14.4. The monoisotopic (exact) mass is 281 g/mol. The van der Waals surface area contributed by atoms with Gasteiger partial charge in [0.15, 0.2) is 0 Å². The summed E-state index contributed by atoms with van der Waals surface area (Å²) in [7, 11) is 0. The lowest BCUT2D eigenvalue weighted by Gasteiger charge is -2.14. The Kier molecular flexibility index (Phi) is 5.08. The molecule has 6 heteroatoms. The van der Waals surface area contributed by atoms with E-state index in [-0.39, 0.29) is 18.5 Å². The summed E-state index contributed by atoms with van der Waals surface area (Å²) in [5, 5.41) is 12.9. The first-order chi connectivity index (χ1) is 8.22. The van der Waals surface area contributed by atoms with Crippen LogP contribution in [0.2, 0.25) is 0 Å². The number of para-hydroxylation sites is 1. The molecule has 0 amide bonds. The van der Waals surface area contributed by atoms with Crippen LogP contribution in [0.4, 0.5) is 0 Å². The van der Waals surface area contributed by atoms with Crippen molar-refractivity contribution in [2.24, 2.45) is 0 Å². The van der Waals surface area contributed by atoms with E-state index >= 15 is 0 Å². The summed E-state index contributed by atoms with van der Waals surface area (Å²) in [6.45, 7) is 3.87. The van der Waals surface area contributed by atoms with Crippen LogP contribution in [-0.4, -0.2) is 15.7 Å². The number of rotatable bonds is 3. The molecule has 0 atom stereocenters. The smallest absolute Gasteiger partial charge is 0.146 e. The van der Waals surface area contributed by atoms with E-state index in [0.29, 0.717) is 11.3 Å². The zero-order valence-corrected chi connectivity index (χ0v) is 11.6. The minimum Gasteiger partial charge on any atom is -0.489 e. The van der Waals surface area contributed by atoms with Crippen molar-refractivity contribution in [2.45, 2.75) is 20.0 Å². The van der Waals surface area contributed by atoms with Crippen molar-refractivity contribution in [3.63, 3.8) is 0 Å². The lowest BCUT2D eigenvalue weighted by atomic mass is 10.1. The number of halogens is 1. The summed E-state index contributed by atoms with van der Waals surface area (Å²) in [6, 6.07) is 7.63. The maximum absolute atomic E-state index is 9.10. The molecule has 1 heterocycles. The molecule has 0 aliphatic heterocycles. The Morgan fingerprint density at radius 1 is 1.39 bits per heavy atom. The Labute approximate surface area is 116 Å². The zero-order valence-electron chi connectivity index (χ0n) is 9.95. The molecule has 18 heavy (non-hydrogen) atoms. The van der Waals surface area contributed by atoms with Crippen LogP contribution in [0.5, 0.6) is 5.75 Å². The van der Waals surface area contributed by atoms with Crippen molar-refractivity contribution < 1.29 is 4.74 Å². The number of nitrogens with zero attached hydrogens (tertiary/aromatic N) is 3. The standard InChI is InChI=1S/C12H11N3OS.ClH/c1-8(2)16-12-9(6-13)4-3-5-10(12)11-7-14-15-17-11;/h3-5,7-8H,1-2H3;1H. The van der Waals surface area contributed by atoms with Crippen molar-refractivity contribution in [3.8, 4) is 22.3 Å². The number of benzene rings is 1. The Morgan fingerprint density at radius 2 is 2.17 bits per heavy atom. The SMILES string of the molecule is CC(C)Oc1c(C#N)cccc1-c1cnns1.Cl. The molecule has 0 N–H and O–H groups in total. The first-order valence-electron chi connectivity index (χ1n) is 5.20. The van der Waals surface area contributed by atoms with Gasteiger partial charge in [-0.25, -0.2) is 0 Å². The maximum Gasteiger partial charge on any atom is 0.146 e. The van der Waals surface area contributed by atoms with Crippen LogP contribution in [0.1, 0.15) is 19.4 Å². The molecule has 2 aromatic rings. The molecule has 0 saturated carbocycles. The molecular weight excluding hydrogens is 270 g/mol. The van der Waals surface area contributed by atoms with Gasteiger partial charge < -0.3 is 4.74 Å². The van der Waals surface area contributed by atoms with Crippen molar-refractivity contribution in [3.05, 3.63) is 30.0 Å². The largest absolute Gasteiger partial charge is 0.489 e. The molecule has 1 aromatic carbocycles. The third kappa shape index (κ3) is 2.97. The second-order valence-electron chi connectivity index (χ2n) is 3.74. The van der Waals surface area contributed by atoms with Crippen LogP contribution < -0.4 is 4.74 Å².